The second-order valence-electron chi connectivity index (χ2n) is 8.39. The van der Waals surface area contributed by atoms with E-state index in [1.807, 2.05) is 6.92 Å². The number of benzene rings is 1. The lowest BCUT2D eigenvalue weighted by atomic mass is 10.0. The highest BCUT2D eigenvalue weighted by Crippen LogP contribution is 2.35. The average Bonchev–Trinajstić information content (AvgIpc) is 3.16. The molecule has 1 aliphatic rings. The molecule has 0 radical (unpaired) electrons. The van der Waals surface area contributed by atoms with E-state index >= 15 is 0 Å². The number of fused-ring (bicyclic) bond motifs is 1. The lowest BCUT2D eigenvalue weighted by Crippen LogP contribution is -2.48. The highest BCUT2D eigenvalue weighted by molar-refractivity contribution is 6.09. The third-order valence-corrected chi connectivity index (χ3v) is 5.99. The van der Waals surface area contributed by atoms with E-state index in [0.717, 1.165) is 0 Å². The molecule has 2 amide bonds. The number of amides is 2. The molecule has 34 heavy (non-hydrogen) atoms. The maximum absolute atomic E-state index is 14.1. The molecule has 1 fully saturated rings. The van der Waals surface area contributed by atoms with Crippen LogP contribution in [0.3, 0.4) is 0 Å². The Hall–Kier alpha value is -3.53. The largest absolute Gasteiger partial charge is 0.493 e. The van der Waals surface area contributed by atoms with Crippen LogP contribution >= 0.6 is 0 Å². The summed E-state index contributed by atoms with van der Waals surface area (Å²) in [4.78, 5) is 38.7. The fourth-order valence-electron chi connectivity index (χ4n) is 4.34. The first-order valence-electron chi connectivity index (χ1n) is 11.3. The summed E-state index contributed by atoms with van der Waals surface area (Å²) < 4.78 is 19.7. The van der Waals surface area contributed by atoms with Crippen molar-refractivity contribution < 1.29 is 23.8 Å². The molecule has 1 atom stereocenters. The number of aliphatic hydroxyl groups excluding tert-OH is 1. The second kappa shape index (κ2) is 9.76. The molecule has 10 heteroatoms. The van der Waals surface area contributed by atoms with Crippen molar-refractivity contribution in [2.75, 3.05) is 19.7 Å². The van der Waals surface area contributed by atoms with Gasteiger partial charge in [0.1, 0.15) is 35.2 Å². The second-order valence-corrected chi connectivity index (χ2v) is 8.39. The number of carbonyl (C=O) groups is 2. The Bertz CT molecular complexity index is 1220. The molecule has 9 nitrogen and oxygen atoms in total. The fraction of sp³-hybridized carbons (Fsp3) is 0.417. The number of nitrogens with one attached hydrogen (secondary N) is 2. The minimum Gasteiger partial charge on any atom is -0.493 e. The summed E-state index contributed by atoms with van der Waals surface area (Å²) >= 11 is 0. The zero-order chi connectivity index (χ0) is 24.4. The molecule has 0 bridgehead atoms. The SMILES string of the molecule is CCOc1ccc(F)cc1-c1ncnc2c(C(=O)NC3CCN(C(=O)C(C)O)CC3)c(C)[nH]c12. The van der Waals surface area contributed by atoms with E-state index in [2.05, 4.69) is 20.3 Å². The number of aromatic amines is 1. The number of carbonyl (C=O) groups excluding carboxylic acids is 2. The van der Waals surface area contributed by atoms with Crippen molar-refractivity contribution in [2.45, 2.75) is 45.8 Å². The average molecular weight is 470 g/mol. The number of nitrogens with zero attached hydrogens (tertiary/aromatic N) is 3. The van der Waals surface area contributed by atoms with E-state index < -0.39 is 11.9 Å². The molecule has 3 heterocycles. The van der Waals surface area contributed by atoms with E-state index in [0.29, 0.717) is 71.8 Å². The molecule has 0 aliphatic carbocycles. The monoisotopic (exact) mass is 469 g/mol. The number of aromatic nitrogens is 3. The van der Waals surface area contributed by atoms with Crippen LogP contribution in [0.2, 0.25) is 0 Å². The van der Waals surface area contributed by atoms with Crippen molar-refractivity contribution in [2.24, 2.45) is 0 Å². The van der Waals surface area contributed by atoms with Crippen LogP contribution in [0, 0.1) is 12.7 Å². The van der Waals surface area contributed by atoms with Gasteiger partial charge in [-0.3, -0.25) is 9.59 Å². The first kappa shape index (κ1) is 23.6. The van der Waals surface area contributed by atoms with Crippen LogP contribution in [0.4, 0.5) is 4.39 Å². The summed E-state index contributed by atoms with van der Waals surface area (Å²) in [6.07, 6.45) is 1.50. The van der Waals surface area contributed by atoms with Crippen molar-refractivity contribution in [3.8, 4) is 17.0 Å². The van der Waals surface area contributed by atoms with Crippen molar-refractivity contribution in [1.29, 1.82) is 0 Å². The summed E-state index contributed by atoms with van der Waals surface area (Å²) in [7, 11) is 0. The van der Waals surface area contributed by atoms with Gasteiger partial charge in [-0.05, 0) is 51.8 Å². The predicted octanol–water partition coefficient (Wildman–Crippen LogP) is 2.57. The molecule has 2 aromatic heterocycles. The standard InChI is InChI=1S/C24H28FN5O4/c1-4-34-18-6-5-15(25)11-17(18)20-22-21(27-12-26-20)19(13(2)28-22)23(32)29-16-7-9-30(10-8-16)24(33)14(3)31/h5-6,11-12,14,16,28,31H,4,7-10H2,1-3H3,(H,29,32). The van der Waals surface area contributed by atoms with Gasteiger partial charge in [0.2, 0.25) is 0 Å². The van der Waals surface area contributed by atoms with E-state index in [1.54, 1.807) is 17.9 Å². The van der Waals surface area contributed by atoms with Crippen molar-refractivity contribution >= 4 is 22.8 Å². The van der Waals surface area contributed by atoms with Crippen LogP contribution in [-0.4, -0.2) is 68.6 Å². The van der Waals surface area contributed by atoms with Gasteiger partial charge < -0.3 is 25.0 Å². The fourth-order valence-corrected chi connectivity index (χ4v) is 4.34. The molecule has 3 N–H and O–H groups in total. The number of hydrogen-bond acceptors (Lipinski definition) is 6. The third-order valence-electron chi connectivity index (χ3n) is 5.99. The van der Waals surface area contributed by atoms with Crippen LogP contribution < -0.4 is 10.1 Å². The minimum atomic E-state index is -1.03. The van der Waals surface area contributed by atoms with Crippen molar-refractivity contribution in [1.82, 2.24) is 25.2 Å². The molecule has 1 unspecified atom stereocenters. The van der Waals surface area contributed by atoms with Crippen LogP contribution in [0.25, 0.3) is 22.3 Å². The predicted molar refractivity (Wildman–Crippen MR) is 124 cm³/mol. The molecule has 3 aromatic rings. The molecule has 1 aromatic carbocycles. The first-order chi connectivity index (χ1) is 16.3. The summed E-state index contributed by atoms with van der Waals surface area (Å²) in [5, 5.41) is 12.5. The molecule has 180 valence electrons. The first-order valence-corrected chi connectivity index (χ1v) is 11.3. The Kier molecular flexibility index (Phi) is 6.78. The lowest BCUT2D eigenvalue weighted by Gasteiger charge is -2.33. The van der Waals surface area contributed by atoms with E-state index in [4.69, 9.17) is 4.74 Å². The molecule has 4 rings (SSSR count). The van der Waals surface area contributed by atoms with Gasteiger partial charge >= 0.3 is 0 Å². The number of aliphatic hydroxyl groups is 1. The number of H-pyrrole nitrogens is 1. The highest BCUT2D eigenvalue weighted by Gasteiger charge is 2.28. The Morgan fingerprint density at radius 3 is 2.74 bits per heavy atom. The quantitative estimate of drug-likeness (QED) is 0.510. The summed E-state index contributed by atoms with van der Waals surface area (Å²) in [6, 6.07) is 4.13. The number of halogens is 1. The number of likely N-dealkylation sites (tertiary alicyclic amines) is 1. The zero-order valence-electron chi connectivity index (χ0n) is 19.4. The Balaban J connectivity index is 1.60. The Morgan fingerprint density at radius 2 is 2.06 bits per heavy atom. The zero-order valence-corrected chi connectivity index (χ0v) is 19.4. The molecule has 1 saturated heterocycles. The van der Waals surface area contributed by atoms with Crippen LogP contribution in [0.1, 0.15) is 42.7 Å². The van der Waals surface area contributed by atoms with E-state index in [-0.39, 0.29) is 17.9 Å². The van der Waals surface area contributed by atoms with E-state index in [1.165, 1.54) is 25.4 Å². The maximum atomic E-state index is 14.1. The van der Waals surface area contributed by atoms with Crippen molar-refractivity contribution in [3.63, 3.8) is 0 Å². The topological polar surface area (TPSA) is 120 Å². The van der Waals surface area contributed by atoms with Gasteiger partial charge in [0.15, 0.2) is 0 Å². The summed E-state index contributed by atoms with van der Waals surface area (Å²) in [6.45, 7) is 6.41. The number of hydrogen-bond donors (Lipinski definition) is 3. The lowest BCUT2D eigenvalue weighted by molar-refractivity contribution is -0.140. The number of piperidine rings is 1. The van der Waals surface area contributed by atoms with E-state index in [9.17, 15) is 19.1 Å². The highest BCUT2D eigenvalue weighted by atomic mass is 19.1. The van der Waals surface area contributed by atoms with Crippen LogP contribution in [0.5, 0.6) is 5.75 Å². The third kappa shape index (κ3) is 4.58. The van der Waals surface area contributed by atoms with Crippen LogP contribution in [0.15, 0.2) is 24.5 Å². The smallest absolute Gasteiger partial charge is 0.255 e. The van der Waals surface area contributed by atoms with Gasteiger partial charge in [-0.2, -0.15) is 0 Å². The molecule has 0 saturated carbocycles. The van der Waals surface area contributed by atoms with Gasteiger partial charge in [0.05, 0.1) is 17.7 Å². The molecule has 0 spiro atoms. The van der Waals surface area contributed by atoms with Gasteiger partial charge in [-0.15, -0.1) is 0 Å². The van der Waals surface area contributed by atoms with Gasteiger partial charge in [0, 0.05) is 30.4 Å². The summed E-state index contributed by atoms with van der Waals surface area (Å²) in [5.74, 6) is -0.518. The van der Waals surface area contributed by atoms with Gasteiger partial charge in [-0.1, -0.05) is 0 Å². The number of ether oxygens (including phenoxy) is 1. The Labute approximate surface area is 196 Å². The Morgan fingerprint density at radius 1 is 1.32 bits per heavy atom. The number of rotatable bonds is 6. The maximum Gasteiger partial charge on any atom is 0.255 e. The molecular formula is C24H28FN5O4. The number of aryl methyl sites for hydroxylation is 1. The molecular weight excluding hydrogens is 441 g/mol. The van der Waals surface area contributed by atoms with Gasteiger partial charge in [-0.25, -0.2) is 14.4 Å². The minimum absolute atomic E-state index is 0.107. The summed E-state index contributed by atoms with van der Waals surface area (Å²) in [5.41, 5.74) is 2.89. The van der Waals surface area contributed by atoms with Crippen molar-refractivity contribution in [3.05, 3.63) is 41.6 Å². The molecule has 1 aliphatic heterocycles. The normalized spacial score (nSPS) is 15.4. The van der Waals surface area contributed by atoms with Gasteiger partial charge in [0.25, 0.3) is 11.8 Å². The van der Waals surface area contributed by atoms with Crippen LogP contribution in [-0.2, 0) is 4.79 Å².